The average molecular weight is 361 g/mol. The van der Waals surface area contributed by atoms with Gasteiger partial charge in [-0.1, -0.05) is 18.5 Å². The van der Waals surface area contributed by atoms with Gasteiger partial charge in [-0.25, -0.2) is 0 Å². The minimum atomic E-state index is 0. The summed E-state index contributed by atoms with van der Waals surface area (Å²) in [6.07, 6.45) is 4.74. The average Bonchev–Trinajstić information content (AvgIpc) is 2.53. The Morgan fingerprint density at radius 1 is 1.39 bits per heavy atom. The van der Waals surface area contributed by atoms with Crippen LogP contribution in [0, 0.1) is 5.92 Å². The summed E-state index contributed by atoms with van der Waals surface area (Å²) in [5.41, 5.74) is 0.663. The van der Waals surface area contributed by atoms with Gasteiger partial charge in [-0.15, -0.1) is 12.4 Å². The third kappa shape index (κ3) is 6.98. The van der Waals surface area contributed by atoms with Gasteiger partial charge in [-0.2, -0.15) is 0 Å². The van der Waals surface area contributed by atoms with E-state index in [0.29, 0.717) is 35.4 Å². The molecule has 0 aliphatic carbocycles. The number of carbonyl (C=O) groups excluding carboxylic acids is 1. The van der Waals surface area contributed by atoms with Gasteiger partial charge in [0, 0.05) is 11.4 Å². The van der Waals surface area contributed by atoms with Crippen molar-refractivity contribution < 1.29 is 9.53 Å². The largest absolute Gasteiger partial charge is 0.491 e. The topological polar surface area (TPSA) is 50.4 Å². The van der Waals surface area contributed by atoms with E-state index in [4.69, 9.17) is 16.3 Å². The predicted molar refractivity (Wildman–Crippen MR) is 97.9 cm³/mol. The molecule has 6 heteroatoms. The molecule has 1 aromatic rings. The molecule has 0 aromatic heterocycles. The van der Waals surface area contributed by atoms with Gasteiger partial charge in [0.05, 0.1) is 12.3 Å². The van der Waals surface area contributed by atoms with Crippen molar-refractivity contribution in [2.75, 3.05) is 25.0 Å². The Hall–Kier alpha value is -0.970. The van der Waals surface area contributed by atoms with Crippen LogP contribution in [0.5, 0.6) is 5.75 Å². The van der Waals surface area contributed by atoms with E-state index in [1.54, 1.807) is 18.2 Å². The van der Waals surface area contributed by atoms with Crippen LogP contribution in [0.4, 0.5) is 5.69 Å². The molecule has 1 aliphatic heterocycles. The molecule has 0 spiro atoms. The number of ether oxygens (including phenoxy) is 1. The van der Waals surface area contributed by atoms with E-state index in [1.807, 2.05) is 6.92 Å². The summed E-state index contributed by atoms with van der Waals surface area (Å²) in [5.74, 6) is 1.37. The van der Waals surface area contributed by atoms with Crippen molar-refractivity contribution in [3.63, 3.8) is 0 Å². The number of carbonyl (C=O) groups is 1. The second-order valence-electron chi connectivity index (χ2n) is 5.77. The number of nitrogens with one attached hydrogen (secondary N) is 2. The monoisotopic (exact) mass is 360 g/mol. The molecule has 2 N–H and O–H groups in total. The Labute approximate surface area is 149 Å². The molecule has 1 amide bonds. The first-order valence-corrected chi connectivity index (χ1v) is 8.49. The van der Waals surface area contributed by atoms with E-state index >= 15 is 0 Å². The van der Waals surface area contributed by atoms with Crippen LogP contribution in [0.15, 0.2) is 18.2 Å². The summed E-state index contributed by atoms with van der Waals surface area (Å²) in [7, 11) is 0. The van der Waals surface area contributed by atoms with Crippen LogP contribution in [0.1, 0.15) is 39.0 Å². The fourth-order valence-corrected chi connectivity index (χ4v) is 2.83. The molecule has 0 saturated carbocycles. The number of benzene rings is 1. The van der Waals surface area contributed by atoms with Gasteiger partial charge in [0.25, 0.3) is 0 Å². The Morgan fingerprint density at radius 3 is 2.83 bits per heavy atom. The highest BCUT2D eigenvalue weighted by molar-refractivity contribution is 6.31. The zero-order valence-corrected chi connectivity index (χ0v) is 15.1. The van der Waals surface area contributed by atoms with E-state index in [0.717, 1.165) is 38.8 Å². The summed E-state index contributed by atoms with van der Waals surface area (Å²) >= 11 is 6.02. The smallest absolute Gasteiger partial charge is 0.224 e. The standard InChI is InChI=1S/C17H25ClN2O2.ClH/c1-2-11-22-16-5-4-14(18)12-15(16)20-17(21)6-3-13-7-9-19-10-8-13;/h4-5,12-13,19H,2-3,6-11H2,1H3,(H,20,21);1H. The molecule has 1 heterocycles. The van der Waals surface area contributed by atoms with E-state index in [-0.39, 0.29) is 18.3 Å². The van der Waals surface area contributed by atoms with Crippen LogP contribution in [-0.4, -0.2) is 25.6 Å². The van der Waals surface area contributed by atoms with Gasteiger partial charge < -0.3 is 15.4 Å². The van der Waals surface area contributed by atoms with Gasteiger partial charge in [0.1, 0.15) is 5.75 Å². The van der Waals surface area contributed by atoms with Crippen molar-refractivity contribution in [1.82, 2.24) is 5.32 Å². The Balaban J connectivity index is 0.00000264. The summed E-state index contributed by atoms with van der Waals surface area (Å²) in [4.78, 5) is 12.2. The molecule has 1 aliphatic rings. The molecule has 23 heavy (non-hydrogen) atoms. The van der Waals surface area contributed by atoms with Crippen LogP contribution in [0.2, 0.25) is 5.02 Å². The lowest BCUT2D eigenvalue weighted by molar-refractivity contribution is -0.116. The maximum Gasteiger partial charge on any atom is 0.224 e. The zero-order chi connectivity index (χ0) is 15.8. The van der Waals surface area contributed by atoms with Crippen molar-refractivity contribution in [2.45, 2.75) is 39.0 Å². The second-order valence-corrected chi connectivity index (χ2v) is 6.21. The van der Waals surface area contributed by atoms with Crippen molar-refractivity contribution >= 4 is 35.6 Å². The summed E-state index contributed by atoms with van der Waals surface area (Å²) in [6.45, 7) is 4.80. The van der Waals surface area contributed by atoms with Gasteiger partial charge in [-0.05, 0) is 62.9 Å². The number of hydrogen-bond donors (Lipinski definition) is 2. The first-order valence-electron chi connectivity index (χ1n) is 8.12. The molecule has 0 bridgehead atoms. The highest BCUT2D eigenvalue weighted by Crippen LogP contribution is 2.28. The van der Waals surface area contributed by atoms with E-state index in [2.05, 4.69) is 10.6 Å². The van der Waals surface area contributed by atoms with Crippen molar-refractivity contribution in [3.05, 3.63) is 23.2 Å². The molecule has 0 unspecified atom stereocenters. The maximum atomic E-state index is 12.2. The van der Waals surface area contributed by atoms with Crippen molar-refractivity contribution in [1.29, 1.82) is 0 Å². The van der Waals surface area contributed by atoms with Crippen LogP contribution in [0.25, 0.3) is 0 Å². The molecule has 1 aromatic carbocycles. The summed E-state index contributed by atoms with van der Waals surface area (Å²) < 4.78 is 5.66. The Morgan fingerprint density at radius 2 is 2.13 bits per heavy atom. The molecular weight excluding hydrogens is 335 g/mol. The quantitative estimate of drug-likeness (QED) is 0.763. The first kappa shape index (κ1) is 20.1. The van der Waals surface area contributed by atoms with Gasteiger partial charge in [-0.3, -0.25) is 4.79 Å². The first-order chi connectivity index (χ1) is 10.7. The summed E-state index contributed by atoms with van der Waals surface area (Å²) in [6, 6.07) is 5.33. The van der Waals surface area contributed by atoms with Gasteiger partial charge in [0.2, 0.25) is 5.91 Å². The van der Waals surface area contributed by atoms with E-state index in [9.17, 15) is 4.79 Å². The lowest BCUT2D eigenvalue weighted by Gasteiger charge is -2.22. The van der Waals surface area contributed by atoms with Crippen LogP contribution in [0.3, 0.4) is 0 Å². The lowest BCUT2D eigenvalue weighted by Crippen LogP contribution is -2.28. The number of amides is 1. The van der Waals surface area contributed by atoms with E-state index in [1.165, 1.54) is 0 Å². The molecule has 0 atom stereocenters. The number of piperidine rings is 1. The fraction of sp³-hybridized carbons (Fsp3) is 0.588. The van der Waals surface area contributed by atoms with Gasteiger partial charge >= 0.3 is 0 Å². The fourth-order valence-electron chi connectivity index (χ4n) is 2.66. The molecule has 1 saturated heterocycles. The van der Waals surface area contributed by atoms with Crippen LogP contribution < -0.4 is 15.4 Å². The van der Waals surface area contributed by atoms with Crippen LogP contribution >= 0.6 is 24.0 Å². The molecule has 1 fully saturated rings. The Kier molecular flexibility index (Phi) is 9.37. The highest BCUT2D eigenvalue weighted by atomic mass is 35.5. The molecule has 130 valence electrons. The Bertz CT molecular complexity index is 491. The number of rotatable bonds is 7. The normalized spacial score (nSPS) is 14.9. The zero-order valence-electron chi connectivity index (χ0n) is 13.6. The summed E-state index contributed by atoms with van der Waals surface area (Å²) in [5, 5.41) is 6.87. The predicted octanol–water partition coefficient (Wildman–Crippen LogP) is 4.27. The number of hydrogen-bond acceptors (Lipinski definition) is 3. The number of halogens is 2. The third-order valence-corrected chi connectivity index (χ3v) is 4.15. The lowest BCUT2D eigenvalue weighted by atomic mass is 9.93. The molecule has 4 nitrogen and oxygen atoms in total. The SMILES string of the molecule is CCCOc1ccc(Cl)cc1NC(=O)CCC1CCNCC1.Cl. The molecular formula is C17H26Cl2N2O2. The molecule has 0 radical (unpaired) electrons. The van der Waals surface area contributed by atoms with Crippen LogP contribution in [-0.2, 0) is 4.79 Å². The third-order valence-electron chi connectivity index (χ3n) is 3.92. The minimum Gasteiger partial charge on any atom is -0.491 e. The highest BCUT2D eigenvalue weighted by Gasteiger charge is 2.15. The van der Waals surface area contributed by atoms with Gasteiger partial charge in [0.15, 0.2) is 0 Å². The second kappa shape index (κ2) is 10.7. The van der Waals surface area contributed by atoms with Crippen molar-refractivity contribution in [2.24, 2.45) is 5.92 Å². The van der Waals surface area contributed by atoms with E-state index < -0.39 is 0 Å². The van der Waals surface area contributed by atoms with Crippen molar-refractivity contribution in [3.8, 4) is 5.75 Å². The molecule has 2 rings (SSSR count). The maximum absolute atomic E-state index is 12.2. The minimum absolute atomic E-state index is 0. The number of anilines is 1.